The number of aliphatic hydroxyl groups is 3. The molecule has 27 heavy (non-hydrogen) atoms. The zero-order valence-electron chi connectivity index (χ0n) is 16.0. The van der Waals surface area contributed by atoms with Crippen molar-refractivity contribution in [1.29, 1.82) is 0 Å². The van der Waals surface area contributed by atoms with Gasteiger partial charge in [-0.2, -0.15) is 0 Å². The Morgan fingerprint density at radius 3 is 2.41 bits per heavy atom. The monoisotopic (exact) mass is 391 g/mol. The van der Waals surface area contributed by atoms with Crippen molar-refractivity contribution in [3.8, 4) is 0 Å². The predicted octanol–water partition coefficient (Wildman–Crippen LogP) is -2.03. The van der Waals surface area contributed by atoms with Crippen LogP contribution >= 0.6 is 0 Å². The fourth-order valence-electron chi connectivity index (χ4n) is 2.55. The summed E-state index contributed by atoms with van der Waals surface area (Å²) in [4.78, 5) is 22.8. The smallest absolute Gasteiger partial charge is 0.239 e. The molecule has 0 aromatic carbocycles. The molecule has 5 unspecified atom stereocenters. The summed E-state index contributed by atoms with van der Waals surface area (Å²) in [6.07, 6.45) is -2.02. The molecule has 6 atom stereocenters. The summed E-state index contributed by atoms with van der Waals surface area (Å²) in [6.45, 7) is 3.93. The second-order valence-corrected chi connectivity index (χ2v) is 6.82. The Morgan fingerprint density at radius 1 is 1.07 bits per heavy atom. The molecular formula is C17H33N3O7. The SMILES string of the molecule is CC1OC(OCCCCCCNC(=O)CNC(=O)[C@@H](C)N)C(O)C(O)C1O. The van der Waals surface area contributed by atoms with Gasteiger partial charge in [-0.3, -0.25) is 9.59 Å². The molecule has 7 N–H and O–H groups in total. The topological polar surface area (TPSA) is 163 Å². The van der Waals surface area contributed by atoms with Crippen LogP contribution in [-0.2, 0) is 19.1 Å². The van der Waals surface area contributed by atoms with Gasteiger partial charge in [-0.15, -0.1) is 0 Å². The van der Waals surface area contributed by atoms with Crippen LogP contribution in [0.2, 0.25) is 0 Å². The Labute approximate surface area is 159 Å². The molecule has 0 bridgehead atoms. The standard InChI is InChI=1S/C17H33N3O7/c1-10(18)16(25)20-9-12(21)19-7-5-3-4-6-8-26-17-15(24)14(23)13(22)11(2)27-17/h10-11,13-15,17,22-24H,3-9,18H2,1-2H3,(H,19,21)(H,20,25)/t10-,11?,13?,14?,15?,17?/m1/s1. The molecule has 0 aromatic heterocycles. The Bertz CT molecular complexity index is 464. The number of aliphatic hydroxyl groups excluding tert-OH is 3. The van der Waals surface area contributed by atoms with E-state index in [0.717, 1.165) is 25.7 Å². The molecule has 1 rings (SSSR count). The fourth-order valence-corrected chi connectivity index (χ4v) is 2.55. The van der Waals surface area contributed by atoms with Gasteiger partial charge in [-0.05, 0) is 26.7 Å². The third kappa shape index (κ3) is 8.50. The maximum atomic E-state index is 11.5. The van der Waals surface area contributed by atoms with Gasteiger partial charge < -0.3 is 41.2 Å². The van der Waals surface area contributed by atoms with E-state index < -0.39 is 36.7 Å². The van der Waals surface area contributed by atoms with Crippen LogP contribution in [0.15, 0.2) is 0 Å². The Hall–Kier alpha value is -1.30. The average Bonchev–Trinajstić information content (AvgIpc) is 2.63. The molecule has 2 amide bonds. The molecule has 0 aliphatic carbocycles. The van der Waals surface area contributed by atoms with Crippen molar-refractivity contribution in [2.24, 2.45) is 5.73 Å². The van der Waals surface area contributed by atoms with Crippen LogP contribution in [0, 0.1) is 0 Å². The second kappa shape index (κ2) is 12.2. The molecule has 0 radical (unpaired) electrons. The van der Waals surface area contributed by atoms with Gasteiger partial charge in [-0.1, -0.05) is 12.8 Å². The van der Waals surface area contributed by atoms with Crippen LogP contribution in [0.3, 0.4) is 0 Å². The summed E-state index contributed by atoms with van der Waals surface area (Å²) in [5.74, 6) is -0.626. The molecule has 1 heterocycles. The van der Waals surface area contributed by atoms with E-state index in [2.05, 4.69) is 10.6 Å². The molecule has 0 saturated carbocycles. The van der Waals surface area contributed by atoms with E-state index >= 15 is 0 Å². The highest BCUT2D eigenvalue weighted by molar-refractivity contribution is 5.86. The summed E-state index contributed by atoms with van der Waals surface area (Å²) >= 11 is 0. The van der Waals surface area contributed by atoms with E-state index in [1.165, 1.54) is 0 Å². The minimum atomic E-state index is -1.29. The number of nitrogens with one attached hydrogen (secondary N) is 2. The van der Waals surface area contributed by atoms with E-state index in [0.29, 0.717) is 13.2 Å². The zero-order chi connectivity index (χ0) is 20.4. The van der Waals surface area contributed by atoms with Gasteiger partial charge in [0.05, 0.1) is 18.7 Å². The van der Waals surface area contributed by atoms with Crippen LogP contribution < -0.4 is 16.4 Å². The number of amides is 2. The maximum Gasteiger partial charge on any atom is 0.239 e. The summed E-state index contributed by atoms with van der Waals surface area (Å²) in [5, 5.41) is 34.3. The number of carbonyl (C=O) groups excluding carboxylic acids is 2. The van der Waals surface area contributed by atoms with Gasteiger partial charge >= 0.3 is 0 Å². The molecule has 1 saturated heterocycles. The highest BCUT2D eigenvalue weighted by atomic mass is 16.7. The Kier molecular flexibility index (Phi) is 10.7. The van der Waals surface area contributed by atoms with E-state index in [1.54, 1.807) is 13.8 Å². The third-order valence-corrected chi connectivity index (χ3v) is 4.32. The predicted molar refractivity (Wildman–Crippen MR) is 96.4 cm³/mol. The number of nitrogens with two attached hydrogens (primary N) is 1. The quantitative estimate of drug-likeness (QED) is 0.220. The molecule has 0 aromatic rings. The van der Waals surface area contributed by atoms with Crippen molar-refractivity contribution in [2.45, 2.75) is 76.3 Å². The molecular weight excluding hydrogens is 358 g/mol. The van der Waals surface area contributed by atoms with E-state index in [1.807, 2.05) is 0 Å². The summed E-state index contributed by atoms with van der Waals surface area (Å²) in [7, 11) is 0. The van der Waals surface area contributed by atoms with Crippen molar-refractivity contribution in [3.05, 3.63) is 0 Å². The van der Waals surface area contributed by atoms with Crippen LogP contribution in [0.1, 0.15) is 39.5 Å². The first-order valence-electron chi connectivity index (χ1n) is 9.35. The lowest BCUT2D eigenvalue weighted by atomic mass is 10.0. The lowest BCUT2D eigenvalue weighted by Gasteiger charge is -2.38. The van der Waals surface area contributed by atoms with Gasteiger partial charge in [0, 0.05) is 13.2 Å². The molecule has 1 aliphatic heterocycles. The molecule has 1 fully saturated rings. The summed E-state index contributed by atoms with van der Waals surface area (Å²) in [5.41, 5.74) is 5.38. The lowest BCUT2D eigenvalue weighted by Crippen LogP contribution is -2.57. The minimum absolute atomic E-state index is 0.0864. The van der Waals surface area contributed by atoms with Crippen molar-refractivity contribution in [1.82, 2.24) is 10.6 Å². The van der Waals surface area contributed by atoms with E-state index in [-0.39, 0.29) is 18.4 Å². The first-order valence-corrected chi connectivity index (χ1v) is 9.35. The number of ether oxygens (including phenoxy) is 2. The Balaban J connectivity index is 2.01. The van der Waals surface area contributed by atoms with Crippen LogP contribution in [0.5, 0.6) is 0 Å². The largest absolute Gasteiger partial charge is 0.388 e. The van der Waals surface area contributed by atoms with Crippen LogP contribution in [0.25, 0.3) is 0 Å². The van der Waals surface area contributed by atoms with E-state index in [9.17, 15) is 24.9 Å². The van der Waals surface area contributed by atoms with Gasteiger partial charge in [0.15, 0.2) is 6.29 Å². The van der Waals surface area contributed by atoms with Crippen molar-refractivity contribution in [2.75, 3.05) is 19.7 Å². The minimum Gasteiger partial charge on any atom is -0.388 e. The summed E-state index contributed by atoms with van der Waals surface area (Å²) < 4.78 is 10.8. The first-order chi connectivity index (χ1) is 12.7. The van der Waals surface area contributed by atoms with Crippen LogP contribution in [0.4, 0.5) is 0 Å². The van der Waals surface area contributed by atoms with Crippen LogP contribution in [-0.4, -0.2) is 83.6 Å². The van der Waals surface area contributed by atoms with Gasteiger partial charge in [-0.25, -0.2) is 0 Å². The number of hydrogen-bond donors (Lipinski definition) is 6. The second-order valence-electron chi connectivity index (χ2n) is 6.82. The van der Waals surface area contributed by atoms with Gasteiger partial charge in [0.1, 0.15) is 18.3 Å². The lowest BCUT2D eigenvalue weighted by molar-refractivity contribution is -0.293. The number of rotatable bonds is 11. The van der Waals surface area contributed by atoms with Crippen molar-refractivity contribution < 1.29 is 34.4 Å². The Morgan fingerprint density at radius 2 is 1.74 bits per heavy atom. The molecule has 10 nitrogen and oxygen atoms in total. The third-order valence-electron chi connectivity index (χ3n) is 4.32. The maximum absolute atomic E-state index is 11.5. The molecule has 158 valence electrons. The first kappa shape index (κ1) is 23.7. The van der Waals surface area contributed by atoms with Gasteiger partial charge in [0.2, 0.25) is 11.8 Å². The average molecular weight is 391 g/mol. The van der Waals surface area contributed by atoms with E-state index in [4.69, 9.17) is 15.2 Å². The number of unbranched alkanes of at least 4 members (excludes halogenated alkanes) is 3. The normalized spacial score (nSPS) is 29.2. The fraction of sp³-hybridized carbons (Fsp3) is 0.882. The van der Waals surface area contributed by atoms with Crippen molar-refractivity contribution in [3.63, 3.8) is 0 Å². The summed E-state index contributed by atoms with van der Waals surface area (Å²) in [6, 6.07) is -0.642. The number of hydrogen-bond acceptors (Lipinski definition) is 8. The number of carbonyl (C=O) groups is 2. The molecule has 0 spiro atoms. The van der Waals surface area contributed by atoms with Gasteiger partial charge in [0.25, 0.3) is 0 Å². The molecule has 10 heteroatoms. The van der Waals surface area contributed by atoms with Crippen molar-refractivity contribution >= 4 is 11.8 Å². The highest BCUT2D eigenvalue weighted by Gasteiger charge is 2.42. The highest BCUT2D eigenvalue weighted by Crippen LogP contribution is 2.21. The zero-order valence-corrected chi connectivity index (χ0v) is 16.0. The molecule has 1 aliphatic rings.